The molecule has 0 amide bonds. The Balaban J connectivity index is 2.16. The van der Waals surface area contributed by atoms with Crippen LogP contribution < -0.4 is 4.74 Å². The Morgan fingerprint density at radius 1 is 1.22 bits per heavy atom. The van der Waals surface area contributed by atoms with Gasteiger partial charge in [0.1, 0.15) is 10.8 Å². The number of aliphatic hydroxyl groups excluding tert-OH is 1. The first-order valence-corrected chi connectivity index (χ1v) is 7.63. The topological polar surface area (TPSA) is 29.5 Å². The number of ether oxygens (including phenoxy) is 1. The maximum atomic E-state index is 9.97. The van der Waals surface area contributed by atoms with E-state index in [1.807, 2.05) is 12.1 Å². The molecule has 1 aromatic rings. The Morgan fingerprint density at radius 2 is 1.94 bits per heavy atom. The fourth-order valence-electron chi connectivity index (χ4n) is 2.14. The van der Waals surface area contributed by atoms with Crippen LogP contribution in [0.25, 0.3) is 0 Å². The van der Waals surface area contributed by atoms with Crippen LogP contribution in [0.15, 0.2) is 17.0 Å². The van der Waals surface area contributed by atoms with Crippen LogP contribution in [0, 0.1) is 0 Å². The predicted octanol–water partition coefficient (Wildman–Crippen LogP) is 4.40. The van der Waals surface area contributed by atoms with Crippen molar-refractivity contribution >= 4 is 35.0 Å². The lowest BCUT2D eigenvalue weighted by Crippen LogP contribution is -2.26. The minimum atomic E-state index is -0.249. The molecule has 18 heavy (non-hydrogen) atoms. The quantitative estimate of drug-likeness (QED) is 0.897. The number of benzene rings is 1. The maximum Gasteiger partial charge on any atom is 0.139 e. The van der Waals surface area contributed by atoms with Crippen LogP contribution in [0.2, 0.25) is 10.0 Å². The molecule has 2 atom stereocenters. The Hall–Kier alpha value is -0.0900. The van der Waals surface area contributed by atoms with Crippen molar-refractivity contribution in [2.45, 2.75) is 41.9 Å². The smallest absolute Gasteiger partial charge is 0.139 e. The first-order chi connectivity index (χ1) is 8.63. The van der Waals surface area contributed by atoms with E-state index in [-0.39, 0.29) is 11.4 Å². The fourth-order valence-corrected chi connectivity index (χ4v) is 3.98. The molecule has 2 rings (SSSR count). The molecule has 1 aliphatic carbocycles. The van der Waals surface area contributed by atoms with Gasteiger partial charge in [-0.15, -0.1) is 11.8 Å². The fraction of sp³-hybridized carbons (Fsp3) is 0.538. The summed E-state index contributed by atoms with van der Waals surface area (Å²) in [6.45, 7) is 0. The van der Waals surface area contributed by atoms with Gasteiger partial charge in [0.05, 0.1) is 18.2 Å². The van der Waals surface area contributed by atoms with Crippen LogP contribution in [0.5, 0.6) is 5.75 Å². The molecule has 0 bridgehead atoms. The van der Waals surface area contributed by atoms with Gasteiger partial charge in [-0.1, -0.05) is 36.0 Å². The van der Waals surface area contributed by atoms with Gasteiger partial charge in [0.15, 0.2) is 0 Å². The summed E-state index contributed by atoms with van der Waals surface area (Å²) in [5, 5.41) is 11.1. The predicted molar refractivity (Wildman–Crippen MR) is 77.1 cm³/mol. The van der Waals surface area contributed by atoms with Gasteiger partial charge in [-0.3, -0.25) is 0 Å². The Bertz CT molecular complexity index is 426. The lowest BCUT2D eigenvalue weighted by atomic mass is 9.97. The second kappa shape index (κ2) is 6.38. The van der Waals surface area contributed by atoms with Crippen LogP contribution >= 0.6 is 35.0 Å². The highest BCUT2D eigenvalue weighted by Crippen LogP contribution is 2.42. The van der Waals surface area contributed by atoms with E-state index in [0.717, 1.165) is 30.6 Å². The van der Waals surface area contributed by atoms with E-state index in [9.17, 15) is 5.11 Å². The lowest BCUT2D eigenvalue weighted by molar-refractivity contribution is 0.137. The molecule has 0 aliphatic heterocycles. The average molecular weight is 307 g/mol. The molecule has 0 heterocycles. The number of hydrogen-bond donors (Lipinski definition) is 1. The van der Waals surface area contributed by atoms with Crippen molar-refractivity contribution in [2.75, 3.05) is 7.11 Å². The minimum absolute atomic E-state index is 0.209. The van der Waals surface area contributed by atoms with E-state index in [1.165, 1.54) is 0 Å². The zero-order valence-electron chi connectivity index (χ0n) is 10.2. The largest absolute Gasteiger partial charge is 0.495 e. The number of aliphatic hydroxyl groups is 1. The molecule has 0 saturated heterocycles. The van der Waals surface area contributed by atoms with Gasteiger partial charge in [0, 0.05) is 10.1 Å². The Labute approximate surface area is 122 Å². The van der Waals surface area contributed by atoms with Crippen LogP contribution in [0.1, 0.15) is 25.7 Å². The zero-order valence-corrected chi connectivity index (χ0v) is 12.5. The molecule has 0 spiro atoms. The summed E-state index contributed by atoms with van der Waals surface area (Å²) >= 11 is 14.0. The molecular formula is C13H16Cl2O2S. The van der Waals surface area contributed by atoms with E-state index >= 15 is 0 Å². The molecule has 5 heteroatoms. The monoisotopic (exact) mass is 306 g/mol. The highest BCUT2D eigenvalue weighted by atomic mass is 35.5. The van der Waals surface area contributed by atoms with Gasteiger partial charge < -0.3 is 9.84 Å². The molecule has 1 aromatic carbocycles. The SMILES string of the molecule is COc1ccc(S[C@@H]2CCCC[C@H]2O)c(Cl)c1Cl. The second-order valence-corrected chi connectivity index (χ2v) is 6.44. The summed E-state index contributed by atoms with van der Waals surface area (Å²) < 4.78 is 5.12. The van der Waals surface area contributed by atoms with Gasteiger partial charge in [-0.25, -0.2) is 0 Å². The van der Waals surface area contributed by atoms with E-state index < -0.39 is 0 Å². The molecule has 1 saturated carbocycles. The van der Waals surface area contributed by atoms with Gasteiger partial charge >= 0.3 is 0 Å². The van der Waals surface area contributed by atoms with E-state index in [1.54, 1.807) is 18.9 Å². The van der Waals surface area contributed by atoms with E-state index in [4.69, 9.17) is 27.9 Å². The minimum Gasteiger partial charge on any atom is -0.495 e. The highest BCUT2D eigenvalue weighted by Gasteiger charge is 2.25. The molecule has 100 valence electrons. The molecule has 1 aliphatic rings. The summed E-state index contributed by atoms with van der Waals surface area (Å²) in [7, 11) is 1.56. The Kier molecular flexibility index (Phi) is 5.07. The van der Waals surface area contributed by atoms with E-state index in [2.05, 4.69) is 0 Å². The van der Waals surface area contributed by atoms with E-state index in [0.29, 0.717) is 15.8 Å². The summed E-state index contributed by atoms with van der Waals surface area (Å²) in [5.41, 5.74) is 0. The first kappa shape index (κ1) is 14.3. The summed E-state index contributed by atoms with van der Waals surface area (Å²) in [5.74, 6) is 0.579. The molecule has 0 unspecified atom stereocenters. The third kappa shape index (κ3) is 3.08. The highest BCUT2D eigenvalue weighted by molar-refractivity contribution is 8.00. The third-order valence-electron chi connectivity index (χ3n) is 3.18. The van der Waals surface area contributed by atoms with Crippen LogP contribution in [0.4, 0.5) is 0 Å². The van der Waals surface area contributed by atoms with Crippen molar-refractivity contribution in [1.82, 2.24) is 0 Å². The number of halogens is 2. The summed E-state index contributed by atoms with van der Waals surface area (Å²) in [4.78, 5) is 0.911. The average Bonchev–Trinajstić information content (AvgIpc) is 2.38. The van der Waals surface area contributed by atoms with Crippen molar-refractivity contribution in [3.8, 4) is 5.75 Å². The van der Waals surface area contributed by atoms with Crippen LogP contribution in [-0.4, -0.2) is 23.6 Å². The first-order valence-electron chi connectivity index (χ1n) is 6.00. The molecule has 0 radical (unpaired) electrons. The van der Waals surface area contributed by atoms with Crippen molar-refractivity contribution in [2.24, 2.45) is 0 Å². The number of methoxy groups -OCH3 is 1. The summed E-state index contributed by atoms with van der Waals surface area (Å²) in [6, 6.07) is 3.71. The van der Waals surface area contributed by atoms with Gasteiger partial charge in [-0.05, 0) is 25.0 Å². The molecular weight excluding hydrogens is 291 g/mol. The molecule has 1 fully saturated rings. The molecule has 2 nitrogen and oxygen atoms in total. The molecule has 0 aromatic heterocycles. The number of thioether (sulfide) groups is 1. The van der Waals surface area contributed by atoms with Crippen molar-refractivity contribution in [1.29, 1.82) is 0 Å². The van der Waals surface area contributed by atoms with Gasteiger partial charge in [0.25, 0.3) is 0 Å². The Morgan fingerprint density at radius 3 is 2.61 bits per heavy atom. The van der Waals surface area contributed by atoms with Gasteiger partial charge in [-0.2, -0.15) is 0 Å². The summed E-state index contributed by atoms with van der Waals surface area (Å²) in [6.07, 6.45) is 3.91. The van der Waals surface area contributed by atoms with Gasteiger partial charge in [0.2, 0.25) is 0 Å². The standard InChI is InChI=1S/C13H16Cl2O2S/c1-17-9-6-7-11(13(15)12(9)14)18-10-5-3-2-4-8(10)16/h6-8,10,16H,2-5H2,1H3/t8-,10-/m1/s1. The maximum absolute atomic E-state index is 9.97. The third-order valence-corrected chi connectivity index (χ3v) is 5.60. The number of rotatable bonds is 3. The van der Waals surface area contributed by atoms with Crippen molar-refractivity contribution in [3.05, 3.63) is 22.2 Å². The van der Waals surface area contributed by atoms with Crippen molar-refractivity contribution < 1.29 is 9.84 Å². The van der Waals surface area contributed by atoms with Crippen LogP contribution in [-0.2, 0) is 0 Å². The van der Waals surface area contributed by atoms with Crippen molar-refractivity contribution in [3.63, 3.8) is 0 Å². The zero-order chi connectivity index (χ0) is 13.1. The van der Waals surface area contributed by atoms with Crippen LogP contribution in [0.3, 0.4) is 0 Å². The number of hydrogen-bond acceptors (Lipinski definition) is 3. The normalized spacial score (nSPS) is 24.0. The lowest BCUT2D eigenvalue weighted by Gasteiger charge is -2.27. The molecule has 1 N–H and O–H groups in total. The second-order valence-electron chi connectivity index (χ2n) is 4.40.